The van der Waals surface area contributed by atoms with Crippen LogP contribution in [0.25, 0.3) is 10.8 Å². The predicted octanol–water partition coefficient (Wildman–Crippen LogP) is 4.09. The van der Waals surface area contributed by atoms with Crippen molar-refractivity contribution >= 4 is 10.8 Å². The first-order chi connectivity index (χ1) is 10.8. The van der Waals surface area contributed by atoms with Crippen molar-refractivity contribution in [3.63, 3.8) is 0 Å². The van der Waals surface area contributed by atoms with Crippen LogP contribution in [0.2, 0.25) is 0 Å². The second kappa shape index (κ2) is 6.58. The van der Waals surface area contributed by atoms with Crippen molar-refractivity contribution in [2.24, 2.45) is 0 Å². The molecule has 0 aromatic heterocycles. The molecule has 0 atom stereocenters. The monoisotopic (exact) mass is 296 g/mol. The topological polar surface area (TPSA) is 29.5 Å². The van der Waals surface area contributed by atoms with E-state index < -0.39 is 0 Å². The van der Waals surface area contributed by atoms with Gasteiger partial charge in [-0.15, -0.1) is 0 Å². The molecule has 0 amide bonds. The van der Waals surface area contributed by atoms with Gasteiger partial charge in [0.15, 0.2) is 0 Å². The molecule has 0 aliphatic rings. The molecule has 0 aliphatic carbocycles. The Balaban J connectivity index is 2.00. The third-order valence-electron chi connectivity index (χ3n) is 3.66. The Morgan fingerprint density at radius 3 is 2.50 bits per heavy atom. The highest BCUT2D eigenvalue weighted by molar-refractivity contribution is 5.91. The maximum absolute atomic E-state index is 14.1. The van der Waals surface area contributed by atoms with Crippen molar-refractivity contribution in [2.45, 2.75) is 13.0 Å². The van der Waals surface area contributed by atoms with Gasteiger partial charge < -0.3 is 9.84 Å². The number of halogens is 1. The van der Waals surface area contributed by atoms with Gasteiger partial charge in [0.1, 0.15) is 18.2 Å². The van der Waals surface area contributed by atoms with Crippen LogP contribution in [0.4, 0.5) is 4.39 Å². The Morgan fingerprint density at radius 1 is 0.909 bits per heavy atom. The Bertz CT molecular complexity index is 769. The average Bonchev–Trinajstić information content (AvgIpc) is 2.56. The summed E-state index contributed by atoms with van der Waals surface area (Å²) in [4.78, 5) is 0. The second-order valence-corrected chi connectivity index (χ2v) is 5.13. The highest BCUT2D eigenvalue weighted by atomic mass is 19.1. The Hall–Kier alpha value is -2.39. The van der Waals surface area contributed by atoms with Gasteiger partial charge in [0.2, 0.25) is 0 Å². The van der Waals surface area contributed by atoms with Gasteiger partial charge in [-0.25, -0.2) is 4.39 Å². The first-order valence-corrected chi connectivity index (χ1v) is 7.27. The molecule has 0 aliphatic heterocycles. The molecule has 0 saturated carbocycles. The van der Waals surface area contributed by atoms with Gasteiger partial charge in [0.25, 0.3) is 0 Å². The van der Waals surface area contributed by atoms with Crippen molar-refractivity contribution in [3.8, 4) is 5.75 Å². The summed E-state index contributed by atoms with van der Waals surface area (Å²) in [6, 6.07) is 18.7. The number of aliphatic hydroxyl groups is 1. The molecule has 3 aromatic rings. The Kier molecular flexibility index (Phi) is 4.35. The molecule has 0 saturated heterocycles. The molecule has 22 heavy (non-hydrogen) atoms. The van der Waals surface area contributed by atoms with Crippen molar-refractivity contribution in [1.29, 1.82) is 0 Å². The average molecular weight is 296 g/mol. The van der Waals surface area contributed by atoms with E-state index in [1.165, 1.54) is 6.07 Å². The van der Waals surface area contributed by atoms with E-state index in [-0.39, 0.29) is 18.8 Å². The Labute approximate surface area is 128 Å². The molecule has 112 valence electrons. The summed E-state index contributed by atoms with van der Waals surface area (Å²) in [7, 11) is 0. The van der Waals surface area contributed by atoms with Crippen LogP contribution in [0.1, 0.15) is 11.1 Å². The van der Waals surface area contributed by atoms with Crippen molar-refractivity contribution in [2.75, 3.05) is 6.61 Å². The number of hydrogen-bond donors (Lipinski definition) is 1. The maximum Gasteiger partial charge on any atom is 0.128 e. The second-order valence-electron chi connectivity index (χ2n) is 5.13. The fraction of sp³-hybridized carbons (Fsp3) is 0.158. The minimum atomic E-state index is -0.308. The standard InChI is InChI=1S/C19H17FO2/c20-17-10-9-15-7-4-8-18(19(15)16(17)11-12-21)22-13-14-5-2-1-3-6-14/h1-10,21H,11-13H2. The molecule has 2 nitrogen and oxygen atoms in total. The van der Waals surface area contributed by atoms with E-state index in [1.54, 1.807) is 6.07 Å². The molecule has 0 radical (unpaired) electrons. The van der Waals surface area contributed by atoms with Crippen LogP contribution < -0.4 is 4.74 Å². The fourth-order valence-electron chi connectivity index (χ4n) is 2.60. The van der Waals surface area contributed by atoms with E-state index >= 15 is 0 Å². The lowest BCUT2D eigenvalue weighted by atomic mass is 10.0. The molecule has 1 N–H and O–H groups in total. The van der Waals surface area contributed by atoms with Crippen LogP contribution in [-0.2, 0) is 13.0 Å². The zero-order valence-corrected chi connectivity index (χ0v) is 12.1. The first kappa shape index (κ1) is 14.5. The molecule has 3 rings (SSSR count). The fourth-order valence-corrected chi connectivity index (χ4v) is 2.60. The highest BCUT2D eigenvalue weighted by Crippen LogP contribution is 2.31. The normalized spacial score (nSPS) is 10.8. The van der Waals surface area contributed by atoms with Crippen LogP contribution in [0, 0.1) is 5.82 Å². The lowest BCUT2D eigenvalue weighted by Crippen LogP contribution is -2.00. The summed E-state index contributed by atoms with van der Waals surface area (Å²) in [5.41, 5.74) is 1.56. The Morgan fingerprint density at radius 2 is 1.73 bits per heavy atom. The van der Waals surface area contributed by atoms with Crippen LogP contribution in [0.15, 0.2) is 60.7 Å². The lowest BCUT2D eigenvalue weighted by molar-refractivity contribution is 0.297. The van der Waals surface area contributed by atoms with Crippen molar-refractivity contribution < 1.29 is 14.2 Å². The van der Waals surface area contributed by atoms with Crippen LogP contribution >= 0.6 is 0 Å². The van der Waals surface area contributed by atoms with Gasteiger partial charge >= 0.3 is 0 Å². The third-order valence-corrected chi connectivity index (χ3v) is 3.66. The van der Waals surface area contributed by atoms with Gasteiger partial charge in [0.05, 0.1) is 0 Å². The summed E-state index contributed by atoms with van der Waals surface area (Å²) in [6.07, 6.45) is 0.273. The van der Waals surface area contributed by atoms with Gasteiger partial charge in [0, 0.05) is 17.6 Å². The number of rotatable bonds is 5. The summed E-state index contributed by atoms with van der Waals surface area (Å²) in [5, 5.41) is 10.9. The van der Waals surface area contributed by atoms with Gasteiger partial charge in [-0.05, 0) is 29.5 Å². The zero-order chi connectivity index (χ0) is 15.4. The predicted molar refractivity (Wildman–Crippen MR) is 85.5 cm³/mol. The van der Waals surface area contributed by atoms with E-state index in [2.05, 4.69) is 0 Å². The number of benzene rings is 3. The maximum atomic E-state index is 14.1. The first-order valence-electron chi connectivity index (χ1n) is 7.27. The van der Waals surface area contributed by atoms with Gasteiger partial charge in [-0.2, -0.15) is 0 Å². The molecule has 0 bridgehead atoms. The van der Waals surface area contributed by atoms with E-state index in [1.807, 2.05) is 48.5 Å². The minimum Gasteiger partial charge on any atom is -0.488 e. The number of fused-ring (bicyclic) bond motifs is 1. The summed E-state index contributed by atoms with van der Waals surface area (Å²) in [6.45, 7) is 0.331. The van der Waals surface area contributed by atoms with E-state index in [4.69, 9.17) is 4.74 Å². The molecule has 3 aromatic carbocycles. The van der Waals surface area contributed by atoms with Crippen molar-refractivity contribution in [1.82, 2.24) is 0 Å². The molecular weight excluding hydrogens is 279 g/mol. The van der Waals surface area contributed by atoms with Gasteiger partial charge in [-0.3, -0.25) is 0 Å². The van der Waals surface area contributed by atoms with Crippen LogP contribution in [0.3, 0.4) is 0 Å². The van der Waals surface area contributed by atoms with E-state index in [9.17, 15) is 9.50 Å². The van der Waals surface area contributed by atoms with E-state index in [0.29, 0.717) is 17.9 Å². The summed E-state index contributed by atoms with van der Waals surface area (Å²) in [5.74, 6) is 0.335. The lowest BCUT2D eigenvalue weighted by Gasteiger charge is -2.13. The highest BCUT2D eigenvalue weighted by Gasteiger charge is 2.12. The molecule has 0 fully saturated rings. The third kappa shape index (κ3) is 2.95. The minimum absolute atomic E-state index is 0.0942. The van der Waals surface area contributed by atoms with Gasteiger partial charge in [-0.1, -0.05) is 48.5 Å². The largest absolute Gasteiger partial charge is 0.488 e. The SMILES string of the molecule is OCCc1c(F)ccc2cccc(OCc3ccccc3)c12. The molecule has 0 heterocycles. The number of ether oxygens (including phenoxy) is 1. The smallest absolute Gasteiger partial charge is 0.128 e. The summed E-state index contributed by atoms with van der Waals surface area (Å²) >= 11 is 0. The summed E-state index contributed by atoms with van der Waals surface area (Å²) < 4.78 is 20.0. The van der Waals surface area contributed by atoms with Crippen LogP contribution in [-0.4, -0.2) is 11.7 Å². The number of aliphatic hydroxyl groups excluding tert-OH is 1. The number of hydrogen-bond acceptors (Lipinski definition) is 2. The van der Waals surface area contributed by atoms with E-state index in [0.717, 1.165) is 16.3 Å². The zero-order valence-electron chi connectivity index (χ0n) is 12.1. The molecular formula is C19H17FO2. The van der Waals surface area contributed by atoms with Crippen molar-refractivity contribution in [3.05, 3.63) is 77.6 Å². The van der Waals surface area contributed by atoms with Crippen LogP contribution in [0.5, 0.6) is 5.75 Å². The molecule has 0 spiro atoms. The molecule has 0 unspecified atom stereocenters. The molecule has 3 heteroatoms. The quantitative estimate of drug-likeness (QED) is 0.768.